The molecule has 118 valence electrons. The maximum atomic E-state index is 13.2. The zero-order chi connectivity index (χ0) is 15.5. The van der Waals surface area contributed by atoms with Gasteiger partial charge in [0.25, 0.3) is 0 Å². The summed E-state index contributed by atoms with van der Waals surface area (Å²) < 4.78 is 56.1. The van der Waals surface area contributed by atoms with Gasteiger partial charge in [0, 0.05) is 13.1 Å². The zero-order valence-electron chi connectivity index (χ0n) is 11.1. The first-order valence-corrected chi connectivity index (χ1v) is 6.37. The van der Waals surface area contributed by atoms with Crippen molar-refractivity contribution < 1.29 is 32.2 Å². The summed E-state index contributed by atoms with van der Waals surface area (Å²) in [6.07, 6.45) is -6.01. The number of hydrogen-bond donors (Lipinski definition) is 1. The highest BCUT2D eigenvalue weighted by atomic mass is 19.4. The Balaban J connectivity index is 2.01. The van der Waals surface area contributed by atoms with E-state index in [9.17, 15) is 22.7 Å². The van der Waals surface area contributed by atoms with Gasteiger partial charge in [-0.1, -0.05) is 0 Å². The summed E-state index contributed by atoms with van der Waals surface area (Å²) in [5.74, 6) is -1.05. The van der Waals surface area contributed by atoms with Crippen LogP contribution in [0.1, 0.15) is 17.2 Å². The summed E-state index contributed by atoms with van der Waals surface area (Å²) in [6, 6.07) is 1.97. The average Bonchev–Trinajstić information content (AvgIpc) is 2.44. The van der Waals surface area contributed by atoms with Crippen LogP contribution in [0.15, 0.2) is 18.2 Å². The molecule has 1 aromatic carbocycles. The van der Waals surface area contributed by atoms with Gasteiger partial charge in [0.1, 0.15) is 11.9 Å². The number of rotatable bonds is 4. The molecule has 1 atom stereocenters. The zero-order valence-corrected chi connectivity index (χ0v) is 11.1. The number of aliphatic hydroxyl groups is 1. The van der Waals surface area contributed by atoms with Gasteiger partial charge in [-0.15, -0.1) is 0 Å². The second-order valence-corrected chi connectivity index (χ2v) is 4.62. The van der Waals surface area contributed by atoms with Crippen molar-refractivity contribution >= 4 is 0 Å². The third-order valence-electron chi connectivity index (χ3n) is 3.02. The molecule has 0 aliphatic carbocycles. The van der Waals surface area contributed by atoms with Crippen molar-refractivity contribution in [3.8, 4) is 0 Å². The fraction of sp³-hybridized carbons (Fsp3) is 0.538. The molecule has 21 heavy (non-hydrogen) atoms. The van der Waals surface area contributed by atoms with E-state index in [4.69, 9.17) is 9.57 Å². The van der Waals surface area contributed by atoms with E-state index in [1.54, 1.807) is 5.06 Å². The van der Waals surface area contributed by atoms with Crippen LogP contribution >= 0.6 is 0 Å². The standard InChI is InChI=1S/C13H15F4NO3/c14-11-6-9(5-10(7-11)13(15,16)17)12(19)8-21-18-1-3-20-4-2-18/h5-7,12,19H,1-4,8H2. The van der Waals surface area contributed by atoms with Crippen LogP contribution in [-0.4, -0.2) is 43.1 Å². The van der Waals surface area contributed by atoms with Crippen molar-refractivity contribution in [3.63, 3.8) is 0 Å². The Labute approximate surface area is 118 Å². The maximum Gasteiger partial charge on any atom is 0.416 e. The monoisotopic (exact) mass is 309 g/mol. The number of benzene rings is 1. The maximum absolute atomic E-state index is 13.2. The molecule has 0 amide bonds. The van der Waals surface area contributed by atoms with Crippen LogP contribution in [0.5, 0.6) is 0 Å². The van der Waals surface area contributed by atoms with Gasteiger partial charge >= 0.3 is 6.18 Å². The largest absolute Gasteiger partial charge is 0.416 e. The third kappa shape index (κ3) is 4.63. The van der Waals surface area contributed by atoms with E-state index in [2.05, 4.69) is 0 Å². The first-order chi connectivity index (χ1) is 9.86. The summed E-state index contributed by atoms with van der Waals surface area (Å²) in [5.41, 5.74) is -1.31. The highest BCUT2D eigenvalue weighted by molar-refractivity contribution is 5.28. The molecule has 0 spiro atoms. The number of hydroxylamine groups is 2. The minimum absolute atomic E-state index is 0.171. The summed E-state index contributed by atoms with van der Waals surface area (Å²) >= 11 is 0. The Morgan fingerprint density at radius 1 is 1.24 bits per heavy atom. The van der Waals surface area contributed by atoms with Crippen LogP contribution in [0, 0.1) is 5.82 Å². The number of alkyl halides is 3. The van der Waals surface area contributed by atoms with E-state index in [0.29, 0.717) is 32.4 Å². The molecule has 1 unspecified atom stereocenters. The topological polar surface area (TPSA) is 41.9 Å². The summed E-state index contributed by atoms with van der Waals surface area (Å²) in [7, 11) is 0. The minimum atomic E-state index is -4.67. The smallest absolute Gasteiger partial charge is 0.386 e. The van der Waals surface area contributed by atoms with Gasteiger partial charge in [-0.25, -0.2) is 4.39 Å². The summed E-state index contributed by atoms with van der Waals surface area (Å²) in [4.78, 5) is 5.26. The third-order valence-corrected chi connectivity index (χ3v) is 3.02. The van der Waals surface area contributed by atoms with Gasteiger partial charge in [0.2, 0.25) is 0 Å². The summed E-state index contributed by atoms with van der Waals surface area (Å²) in [5, 5.41) is 11.4. The van der Waals surface area contributed by atoms with Crippen molar-refractivity contribution in [2.75, 3.05) is 32.9 Å². The van der Waals surface area contributed by atoms with Crippen LogP contribution in [0.25, 0.3) is 0 Å². The second-order valence-electron chi connectivity index (χ2n) is 4.62. The van der Waals surface area contributed by atoms with Gasteiger partial charge in [-0.2, -0.15) is 18.2 Å². The van der Waals surface area contributed by atoms with E-state index in [1.165, 1.54) is 0 Å². The number of nitrogens with zero attached hydrogens (tertiary/aromatic N) is 1. The molecule has 1 aliphatic heterocycles. The average molecular weight is 309 g/mol. The normalized spacial score (nSPS) is 18.7. The predicted octanol–water partition coefficient (Wildman–Crippen LogP) is 2.14. The van der Waals surface area contributed by atoms with Crippen LogP contribution < -0.4 is 0 Å². The van der Waals surface area contributed by atoms with E-state index in [1.807, 2.05) is 0 Å². The first-order valence-electron chi connectivity index (χ1n) is 6.37. The lowest BCUT2D eigenvalue weighted by atomic mass is 10.1. The van der Waals surface area contributed by atoms with Crippen LogP contribution in [-0.2, 0) is 15.8 Å². The predicted molar refractivity (Wildman–Crippen MR) is 64.7 cm³/mol. The van der Waals surface area contributed by atoms with Gasteiger partial charge in [-0.3, -0.25) is 4.84 Å². The van der Waals surface area contributed by atoms with E-state index < -0.39 is 23.7 Å². The van der Waals surface area contributed by atoms with Crippen molar-refractivity contribution in [2.45, 2.75) is 12.3 Å². The van der Waals surface area contributed by atoms with Gasteiger partial charge in [0.05, 0.1) is 25.4 Å². The molecular weight excluding hydrogens is 294 g/mol. The van der Waals surface area contributed by atoms with Gasteiger partial charge in [0.15, 0.2) is 0 Å². The molecule has 4 nitrogen and oxygen atoms in total. The van der Waals surface area contributed by atoms with Crippen molar-refractivity contribution in [3.05, 3.63) is 35.1 Å². The molecule has 1 fully saturated rings. The van der Waals surface area contributed by atoms with Gasteiger partial charge < -0.3 is 9.84 Å². The Kier molecular flexibility index (Phi) is 5.15. The number of morpholine rings is 1. The summed E-state index contributed by atoms with van der Waals surface area (Å²) in [6.45, 7) is 1.72. The molecule has 0 aromatic heterocycles. The number of halogens is 4. The van der Waals surface area contributed by atoms with Crippen molar-refractivity contribution in [1.82, 2.24) is 5.06 Å². The fourth-order valence-electron chi connectivity index (χ4n) is 1.92. The number of aliphatic hydroxyl groups excluding tert-OH is 1. The highest BCUT2D eigenvalue weighted by Gasteiger charge is 2.32. The van der Waals surface area contributed by atoms with Crippen LogP contribution in [0.3, 0.4) is 0 Å². The fourth-order valence-corrected chi connectivity index (χ4v) is 1.92. The molecule has 0 saturated carbocycles. The van der Waals surface area contributed by atoms with E-state index in [0.717, 1.165) is 12.1 Å². The molecule has 2 rings (SSSR count). The van der Waals surface area contributed by atoms with E-state index in [-0.39, 0.29) is 12.2 Å². The second kappa shape index (κ2) is 6.69. The molecule has 0 bridgehead atoms. The first kappa shape index (κ1) is 16.2. The Bertz CT molecular complexity index is 475. The molecule has 1 saturated heterocycles. The molecular formula is C13H15F4NO3. The lowest BCUT2D eigenvalue weighted by molar-refractivity contribution is -0.208. The lowest BCUT2D eigenvalue weighted by Crippen LogP contribution is -2.37. The quantitative estimate of drug-likeness (QED) is 0.865. The number of ether oxygens (including phenoxy) is 1. The van der Waals surface area contributed by atoms with Crippen molar-refractivity contribution in [1.29, 1.82) is 0 Å². The SMILES string of the molecule is OC(CON1CCOCC1)c1cc(F)cc(C(F)(F)F)c1. The Hall–Kier alpha value is -1.22. The Morgan fingerprint density at radius 2 is 1.90 bits per heavy atom. The lowest BCUT2D eigenvalue weighted by Gasteiger charge is -2.26. The van der Waals surface area contributed by atoms with Crippen LogP contribution in [0.2, 0.25) is 0 Å². The molecule has 8 heteroatoms. The molecule has 0 radical (unpaired) electrons. The molecule has 1 N–H and O–H groups in total. The van der Waals surface area contributed by atoms with E-state index >= 15 is 0 Å². The van der Waals surface area contributed by atoms with Crippen molar-refractivity contribution in [2.24, 2.45) is 0 Å². The number of hydrogen-bond acceptors (Lipinski definition) is 4. The highest BCUT2D eigenvalue weighted by Crippen LogP contribution is 2.31. The Morgan fingerprint density at radius 3 is 2.52 bits per heavy atom. The molecule has 1 aromatic rings. The minimum Gasteiger partial charge on any atom is -0.386 e. The molecule has 1 aliphatic rings. The molecule has 1 heterocycles. The van der Waals surface area contributed by atoms with Gasteiger partial charge in [-0.05, 0) is 23.8 Å². The van der Waals surface area contributed by atoms with Crippen LogP contribution in [0.4, 0.5) is 17.6 Å².